The van der Waals surface area contributed by atoms with Crippen molar-refractivity contribution in [3.8, 4) is 5.69 Å². The van der Waals surface area contributed by atoms with Gasteiger partial charge < -0.3 is 5.73 Å². The molecule has 0 bridgehead atoms. The van der Waals surface area contributed by atoms with E-state index in [1.54, 1.807) is 6.92 Å². The molecule has 0 fully saturated rings. The molecule has 0 spiro atoms. The van der Waals surface area contributed by atoms with Crippen LogP contribution in [0.4, 0.5) is 13.2 Å². The number of halogens is 3. The Morgan fingerprint density at radius 2 is 1.79 bits per heavy atom. The third-order valence-corrected chi connectivity index (χ3v) is 3.73. The molecule has 0 saturated carbocycles. The lowest BCUT2D eigenvalue weighted by molar-refractivity contribution is 0.580. The van der Waals surface area contributed by atoms with Crippen LogP contribution in [0.2, 0.25) is 0 Å². The standard InChI is InChI=1S/C17H14F3N3O/c1-9-2-3-13(20)16-15(9)17(24)23(14(22-16)4-5-21)12-7-10(18)6-11(19)8-12/h2-3,6-8H,4-5,21H2,1H3. The maximum atomic E-state index is 14.1. The van der Waals surface area contributed by atoms with Gasteiger partial charge in [0.25, 0.3) is 5.56 Å². The van der Waals surface area contributed by atoms with Crippen molar-refractivity contribution in [2.75, 3.05) is 6.54 Å². The summed E-state index contributed by atoms with van der Waals surface area (Å²) in [7, 11) is 0. The lowest BCUT2D eigenvalue weighted by Crippen LogP contribution is -2.26. The molecule has 2 aromatic carbocycles. The van der Waals surface area contributed by atoms with Crippen molar-refractivity contribution >= 4 is 10.9 Å². The van der Waals surface area contributed by atoms with Crippen molar-refractivity contribution in [3.63, 3.8) is 0 Å². The Balaban J connectivity index is 2.45. The van der Waals surface area contributed by atoms with Crippen LogP contribution < -0.4 is 11.3 Å². The zero-order valence-corrected chi connectivity index (χ0v) is 12.8. The number of hydrogen-bond acceptors (Lipinski definition) is 3. The van der Waals surface area contributed by atoms with Gasteiger partial charge in [-0.25, -0.2) is 18.2 Å². The molecule has 0 aliphatic rings. The first kappa shape index (κ1) is 16.2. The average Bonchev–Trinajstić information content (AvgIpc) is 2.50. The molecule has 0 atom stereocenters. The fraction of sp³-hybridized carbons (Fsp3) is 0.176. The van der Waals surface area contributed by atoms with Crippen LogP contribution >= 0.6 is 0 Å². The van der Waals surface area contributed by atoms with E-state index in [1.807, 2.05) is 0 Å². The number of aryl methyl sites for hydroxylation is 1. The van der Waals surface area contributed by atoms with Crippen molar-refractivity contribution in [2.24, 2.45) is 5.73 Å². The molecule has 124 valence electrons. The van der Waals surface area contributed by atoms with Gasteiger partial charge in [-0.3, -0.25) is 9.36 Å². The average molecular weight is 333 g/mol. The summed E-state index contributed by atoms with van der Waals surface area (Å²) in [4.78, 5) is 17.1. The highest BCUT2D eigenvalue weighted by Crippen LogP contribution is 2.20. The molecular formula is C17H14F3N3O. The van der Waals surface area contributed by atoms with Gasteiger partial charge in [0.15, 0.2) is 0 Å². The minimum atomic E-state index is -0.827. The quantitative estimate of drug-likeness (QED) is 0.801. The van der Waals surface area contributed by atoms with Crippen molar-refractivity contribution < 1.29 is 13.2 Å². The third kappa shape index (κ3) is 2.67. The summed E-state index contributed by atoms with van der Waals surface area (Å²) in [6, 6.07) is 5.43. The zero-order chi connectivity index (χ0) is 17.4. The summed E-state index contributed by atoms with van der Waals surface area (Å²) >= 11 is 0. The van der Waals surface area contributed by atoms with Crippen LogP contribution in [-0.2, 0) is 6.42 Å². The summed E-state index contributed by atoms with van der Waals surface area (Å²) in [5, 5.41) is 0.0699. The Labute approximate surface area is 135 Å². The number of nitrogens with zero attached hydrogens (tertiary/aromatic N) is 2. The van der Waals surface area contributed by atoms with E-state index in [9.17, 15) is 18.0 Å². The van der Waals surface area contributed by atoms with Crippen LogP contribution in [0.15, 0.2) is 35.1 Å². The molecular weight excluding hydrogens is 319 g/mol. The molecule has 0 aliphatic heterocycles. The van der Waals surface area contributed by atoms with Gasteiger partial charge in [0, 0.05) is 12.5 Å². The van der Waals surface area contributed by atoms with E-state index in [0.717, 1.165) is 16.7 Å². The molecule has 24 heavy (non-hydrogen) atoms. The molecule has 0 unspecified atom stereocenters. The second-order valence-electron chi connectivity index (χ2n) is 5.42. The van der Waals surface area contributed by atoms with Crippen LogP contribution in [-0.4, -0.2) is 16.1 Å². The largest absolute Gasteiger partial charge is 0.330 e. The Bertz CT molecular complexity index is 978. The minimum absolute atomic E-state index is 0.0148. The van der Waals surface area contributed by atoms with Crippen LogP contribution in [0.1, 0.15) is 11.4 Å². The smallest absolute Gasteiger partial charge is 0.266 e. The number of rotatable bonds is 3. The molecule has 0 saturated heterocycles. The summed E-state index contributed by atoms with van der Waals surface area (Å²) in [5.41, 5.74) is 5.37. The Hall–Kier alpha value is -2.67. The second-order valence-corrected chi connectivity index (χ2v) is 5.42. The number of aromatic nitrogens is 2. The van der Waals surface area contributed by atoms with Gasteiger partial charge in [0.1, 0.15) is 28.8 Å². The summed E-state index contributed by atoms with van der Waals surface area (Å²) in [6.07, 6.45) is 0.149. The normalized spacial score (nSPS) is 11.2. The summed E-state index contributed by atoms with van der Waals surface area (Å²) < 4.78 is 42.3. The van der Waals surface area contributed by atoms with Crippen molar-refractivity contribution in [1.82, 2.24) is 9.55 Å². The van der Waals surface area contributed by atoms with Crippen LogP contribution in [0.25, 0.3) is 16.6 Å². The summed E-state index contributed by atoms with van der Waals surface area (Å²) in [6.45, 7) is 1.78. The predicted molar refractivity (Wildman–Crippen MR) is 84.7 cm³/mol. The molecule has 0 aliphatic carbocycles. The van der Waals surface area contributed by atoms with Gasteiger partial charge in [-0.2, -0.15) is 0 Å². The van der Waals surface area contributed by atoms with Crippen LogP contribution in [0, 0.1) is 24.4 Å². The Morgan fingerprint density at radius 3 is 2.42 bits per heavy atom. The maximum Gasteiger partial charge on any atom is 0.266 e. The van der Waals surface area contributed by atoms with E-state index >= 15 is 0 Å². The van der Waals surface area contributed by atoms with E-state index < -0.39 is 23.0 Å². The fourth-order valence-corrected chi connectivity index (χ4v) is 2.69. The molecule has 0 amide bonds. The molecule has 2 N–H and O–H groups in total. The van der Waals surface area contributed by atoms with E-state index in [2.05, 4.69) is 4.98 Å². The monoisotopic (exact) mass is 333 g/mol. The number of benzene rings is 2. The first-order chi connectivity index (χ1) is 11.4. The maximum absolute atomic E-state index is 14.1. The molecule has 3 rings (SSSR count). The highest BCUT2D eigenvalue weighted by Gasteiger charge is 2.17. The number of fused-ring (bicyclic) bond motifs is 1. The molecule has 0 radical (unpaired) electrons. The van der Waals surface area contributed by atoms with Crippen LogP contribution in [0.5, 0.6) is 0 Å². The highest BCUT2D eigenvalue weighted by atomic mass is 19.1. The third-order valence-electron chi connectivity index (χ3n) is 3.73. The van der Waals surface area contributed by atoms with Crippen molar-refractivity contribution in [2.45, 2.75) is 13.3 Å². The fourth-order valence-electron chi connectivity index (χ4n) is 2.69. The molecule has 1 heterocycles. The van der Waals surface area contributed by atoms with Gasteiger partial charge >= 0.3 is 0 Å². The van der Waals surface area contributed by atoms with E-state index in [1.165, 1.54) is 12.1 Å². The van der Waals surface area contributed by atoms with Crippen molar-refractivity contribution in [3.05, 3.63) is 69.5 Å². The first-order valence-corrected chi connectivity index (χ1v) is 7.29. The lowest BCUT2D eigenvalue weighted by Gasteiger charge is -2.14. The van der Waals surface area contributed by atoms with E-state index in [0.29, 0.717) is 11.6 Å². The predicted octanol–water partition coefficient (Wildman–Crippen LogP) is 2.61. The van der Waals surface area contributed by atoms with Crippen LogP contribution in [0.3, 0.4) is 0 Å². The van der Waals surface area contributed by atoms with Gasteiger partial charge in [0.05, 0.1) is 11.1 Å². The molecule has 1 aromatic heterocycles. The second kappa shape index (κ2) is 6.09. The van der Waals surface area contributed by atoms with Gasteiger partial charge in [-0.15, -0.1) is 0 Å². The number of nitrogens with two attached hydrogens (primary N) is 1. The van der Waals surface area contributed by atoms with E-state index in [-0.39, 0.29) is 35.4 Å². The topological polar surface area (TPSA) is 60.9 Å². The first-order valence-electron chi connectivity index (χ1n) is 7.29. The Kier molecular flexibility index (Phi) is 4.11. The molecule has 4 nitrogen and oxygen atoms in total. The lowest BCUT2D eigenvalue weighted by atomic mass is 10.1. The van der Waals surface area contributed by atoms with Gasteiger partial charge in [-0.05, 0) is 37.2 Å². The minimum Gasteiger partial charge on any atom is -0.330 e. The summed E-state index contributed by atoms with van der Waals surface area (Å²) in [5.74, 6) is -2.15. The molecule has 7 heteroatoms. The van der Waals surface area contributed by atoms with Gasteiger partial charge in [0.2, 0.25) is 0 Å². The van der Waals surface area contributed by atoms with Crippen molar-refractivity contribution in [1.29, 1.82) is 0 Å². The number of hydrogen-bond donors (Lipinski definition) is 1. The SMILES string of the molecule is Cc1ccc(F)c2nc(CCN)n(-c3cc(F)cc(F)c3)c(=O)c12. The van der Waals surface area contributed by atoms with Gasteiger partial charge in [-0.1, -0.05) is 6.07 Å². The Morgan fingerprint density at radius 1 is 1.12 bits per heavy atom. The highest BCUT2D eigenvalue weighted by molar-refractivity contribution is 5.82. The molecule has 3 aromatic rings. The van der Waals surface area contributed by atoms with E-state index in [4.69, 9.17) is 5.73 Å². The zero-order valence-electron chi connectivity index (χ0n) is 12.8.